The molecule has 0 aliphatic carbocycles. The number of rotatable bonds is 3. The molecule has 3 nitrogen and oxygen atoms in total. The van der Waals surface area contributed by atoms with Crippen molar-refractivity contribution in [1.82, 2.24) is 10.6 Å². The largest absolute Gasteiger partial charge is 0.351 e. The summed E-state index contributed by atoms with van der Waals surface area (Å²) in [6.07, 6.45) is 1.75. The van der Waals surface area contributed by atoms with Crippen LogP contribution in [-0.4, -0.2) is 18.5 Å². The first-order chi connectivity index (χ1) is 8.16. The van der Waals surface area contributed by atoms with Crippen LogP contribution in [0.5, 0.6) is 0 Å². The highest BCUT2D eigenvalue weighted by Crippen LogP contribution is 2.10. The molecule has 1 saturated heterocycles. The van der Waals surface area contributed by atoms with E-state index in [1.54, 1.807) is 0 Å². The number of hydrogen-bond acceptors (Lipinski definition) is 2. The highest BCUT2D eigenvalue weighted by atomic mass is 35.5. The van der Waals surface area contributed by atoms with E-state index in [0.29, 0.717) is 0 Å². The third-order valence-electron chi connectivity index (χ3n) is 2.84. The lowest BCUT2D eigenvalue weighted by Gasteiger charge is -2.11. The first-order valence-corrected chi connectivity index (χ1v) is 5.62. The van der Waals surface area contributed by atoms with Gasteiger partial charge in [-0.3, -0.25) is 4.79 Å². The Morgan fingerprint density at radius 2 is 2.22 bits per heavy atom. The third-order valence-corrected chi connectivity index (χ3v) is 2.84. The van der Waals surface area contributed by atoms with Crippen LogP contribution in [0, 0.1) is 11.6 Å². The summed E-state index contributed by atoms with van der Waals surface area (Å²) in [6, 6.07) is 3.01. The van der Waals surface area contributed by atoms with E-state index in [1.807, 2.05) is 0 Å². The normalized spacial score (nSPS) is 18.2. The Balaban J connectivity index is 0.00000162. The van der Waals surface area contributed by atoms with Crippen LogP contribution >= 0.6 is 12.4 Å². The molecule has 0 aromatic heterocycles. The van der Waals surface area contributed by atoms with E-state index in [1.165, 1.54) is 0 Å². The number of benzene rings is 1. The van der Waals surface area contributed by atoms with Gasteiger partial charge in [-0.15, -0.1) is 12.4 Å². The molecular weight excluding hydrogens is 262 g/mol. The maximum atomic E-state index is 13.3. The zero-order valence-electron chi connectivity index (χ0n) is 9.71. The fourth-order valence-corrected chi connectivity index (χ4v) is 1.89. The quantitative estimate of drug-likeness (QED) is 0.883. The Kier molecular flexibility index (Phi) is 5.50. The molecule has 1 heterocycles. The average Bonchev–Trinajstić information content (AvgIpc) is 2.83. The van der Waals surface area contributed by atoms with E-state index in [-0.39, 0.29) is 36.5 Å². The zero-order chi connectivity index (χ0) is 12.3. The SMILES string of the molecule is Cl.O=C(NCc1cc(F)ccc1F)C1CCCN1. The van der Waals surface area contributed by atoms with E-state index >= 15 is 0 Å². The van der Waals surface area contributed by atoms with Crippen molar-refractivity contribution in [3.8, 4) is 0 Å². The summed E-state index contributed by atoms with van der Waals surface area (Å²) in [4.78, 5) is 11.6. The van der Waals surface area contributed by atoms with Crippen molar-refractivity contribution in [2.24, 2.45) is 0 Å². The van der Waals surface area contributed by atoms with Crippen molar-refractivity contribution in [2.75, 3.05) is 6.54 Å². The van der Waals surface area contributed by atoms with Crippen LogP contribution in [0.1, 0.15) is 18.4 Å². The summed E-state index contributed by atoms with van der Waals surface area (Å²) in [5, 5.41) is 5.64. The van der Waals surface area contributed by atoms with Gasteiger partial charge in [-0.05, 0) is 37.6 Å². The molecule has 0 saturated carbocycles. The number of carbonyl (C=O) groups excluding carboxylic acids is 1. The summed E-state index contributed by atoms with van der Waals surface area (Å²) < 4.78 is 26.1. The zero-order valence-corrected chi connectivity index (χ0v) is 10.5. The third kappa shape index (κ3) is 3.65. The minimum atomic E-state index is -0.508. The van der Waals surface area contributed by atoms with Gasteiger partial charge in [-0.2, -0.15) is 0 Å². The Bertz CT molecular complexity index is 423. The minimum Gasteiger partial charge on any atom is -0.351 e. The van der Waals surface area contributed by atoms with E-state index in [9.17, 15) is 13.6 Å². The molecule has 1 aliphatic rings. The van der Waals surface area contributed by atoms with E-state index in [4.69, 9.17) is 0 Å². The molecule has 2 rings (SSSR count). The fourth-order valence-electron chi connectivity index (χ4n) is 1.89. The number of amides is 1. The Morgan fingerprint density at radius 1 is 1.44 bits per heavy atom. The topological polar surface area (TPSA) is 41.1 Å². The van der Waals surface area contributed by atoms with Gasteiger partial charge in [0, 0.05) is 12.1 Å². The summed E-state index contributed by atoms with van der Waals surface area (Å²) >= 11 is 0. The van der Waals surface area contributed by atoms with Gasteiger partial charge >= 0.3 is 0 Å². The number of nitrogens with one attached hydrogen (secondary N) is 2. The van der Waals surface area contributed by atoms with Crippen molar-refractivity contribution >= 4 is 18.3 Å². The average molecular weight is 277 g/mol. The van der Waals surface area contributed by atoms with Gasteiger partial charge < -0.3 is 10.6 Å². The molecule has 2 N–H and O–H groups in total. The van der Waals surface area contributed by atoms with Crippen molar-refractivity contribution in [1.29, 1.82) is 0 Å². The van der Waals surface area contributed by atoms with Crippen LogP contribution in [0.25, 0.3) is 0 Å². The van der Waals surface area contributed by atoms with Gasteiger partial charge in [-0.25, -0.2) is 8.78 Å². The van der Waals surface area contributed by atoms with Gasteiger partial charge in [-0.1, -0.05) is 0 Å². The second kappa shape index (κ2) is 6.66. The van der Waals surface area contributed by atoms with Crippen LogP contribution in [0.4, 0.5) is 8.78 Å². The smallest absolute Gasteiger partial charge is 0.237 e. The predicted octanol–water partition coefficient (Wildman–Crippen LogP) is 1.75. The van der Waals surface area contributed by atoms with Gasteiger partial charge in [0.1, 0.15) is 11.6 Å². The molecule has 1 aliphatic heterocycles. The van der Waals surface area contributed by atoms with Crippen LogP contribution in [0.2, 0.25) is 0 Å². The monoisotopic (exact) mass is 276 g/mol. The van der Waals surface area contributed by atoms with Gasteiger partial charge in [0.25, 0.3) is 0 Å². The van der Waals surface area contributed by atoms with Gasteiger partial charge in [0.2, 0.25) is 5.91 Å². The molecule has 18 heavy (non-hydrogen) atoms. The van der Waals surface area contributed by atoms with Crippen molar-refractivity contribution < 1.29 is 13.6 Å². The second-order valence-corrected chi connectivity index (χ2v) is 4.10. The predicted molar refractivity (Wildman–Crippen MR) is 66.5 cm³/mol. The van der Waals surface area contributed by atoms with E-state index in [0.717, 1.165) is 37.6 Å². The molecule has 0 spiro atoms. The highest BCUT2D eigenvalue weighted by molar-refractivity contribution is 5.85. The minimum absolute atomic E-state index is 0. The molecule has 1 unspecified atom stereocenters. The molecule has 1 fully saturated rings. The number of carbonyl (C=O) groups is 1. The molecule has 1 amide bonds. The molecule has 6 heteroatoms. The lowest BCUT2D eigenvalue weighted by atomic mass is 10.2. The summed E-state index contributed by atoms with van der Waals surface area (Å²) in [7, 11) is 0. The van der Waals surface area contributed by atoms with Crippen LogP contribution in [-0.2, 0) is 11.3 Å². The standard InChI is InChI=1S/C12H14F2N2O.ClH/c13-9-3-4-10(14)8(6-9)7-16-12(17)11-2-1-5-15-11;/h3-4,6,11,15H,1-2,5,7H2,(H,16,17);1H. The van der Waals surface area contributed by atoms with Gasteiger partial charge in [0.05, 0.1) is 6.04 Å². The summed E-state index contributed by atoms with van der Waals surface area (Å²) in [5.41, 5.74) is 0.163. The first-order valence-electron chi connectivity index (χ1n) is 5.62. The van der Waals surface area contributed by atoms with Crippen LogP contribution in [0.3, 0.4) is 0 Å². The molecule has 0 radical (unpaired) electrons. The van der Waals surface area contributed by atoms with Crippen molar-refractivity contribution in [3.05, 3.63) is 35.4 Å². The number of halogens is 3. The molecule has 0 bridgehead atoms. The lowest BCUT2D eigenvalue weighted by Crippen LogP contribution is -2.40. The molecular formula is C12H15ClF2N2O. The van der Waals surface area contributed by atoms with Crippen molar-refractivity contribution in [3.63, 3.8) is 0 Å². The Labute approximate surface area is 110 Å². The van der Waals surface area contributed by atoms with E-state index in [2.05, 4.69) is 10.6 Å². The Morgan fingerprint density at radius 3 is 2.89 bits per heavy atom. The maximum Gasteiger partial charge on any atom is 0.237 e. The molecule has 1 atom stereocenters. The Hall–Kier alpha value is -1.20. The first kappa shape index (κ1) is 14.9. The summed E-state index contributed by atoms with van der Waals surface area (Å²) in [6.45, 7) is 0.840. The van der Waals surface area contributed by atoms with Crippen molar-refractivity contribution in [2.45, 2.75) is 25.4 Å². The van der Waals surface area contributed by atoms with Crippen LogP contribution in [0.15, 0.2) is 18.2 Å². The second-order valence-electron chi connectivity index (χ2n) is 4.10. The van der Waals surface area contributed by atoms with Gasteiger partial charge in [0.15, 0.2) is 0 Å². The highest BCUT2D eigenvalue weighted by Gasteiger charge is 2.21. The molecule has 100 valence electrons. The number of hydrogen-bond donors (Lipinski definition) is 2. The maximum absolute atomic E-state index is 13.3. The lowest BCUT2D eigenvalue weighted by molar-refractivity contribution is -0.122. The fraction of sp³-hybridized carbons (Fsp3) is 0.417. The van der Waals surface area contributed by atoms with E-state index < -0.39 is 11.6 Å². The summed E-state index contributed by atoms with van der Waals surface area (Å²) in [5.74, 6) is -1.17. The van der Waals surface area contributed by atoms with Crippen LogP contribution < -0.4 is 10.6 Å². The molecule has 1 aromatic carbocycles. The molecule has 1 aromatic rings.